The SMILES string of the molecule is CCCCCCCCCCNO.CCNC(C)(CC)C(=O)O. The van der Waals surface area contributed by atoms with Crippen molar-refractivity contribution >= 4 is 5.97 Å². The monoisotopic (exact) mass is 318 g/mol. The molecule has 134 valence electrons. The number of hydrogen-bond donors (Lipinski definition) is 4. The fraction of sp³-hybridized carbons (Fsp3) is 0.941. The Morgan fingerprint density at radius 3 is 1.77 bits per heavy atom. The molecule has 0 fully saturated rings. The van der Waals surface area contributed by atoms with E-state index in [1.807, 2.05) is 13.8 Å². The lowest BCUT2D eigenvalue weighted by Gasteiger charge is -2.23. The number of nitrogens with one attached hydrogen (secondary N) is 2. The van der Waals surface area contributed by atoms with E-state index in [1.165, 1.54) is 44.9 Å². The maximum absolute atomic E-state index is 10.6. The molecule has 0 aliphatic rings. The zero-order valence-corrected chi connectivity index (χ0v) is 15.1. The van der Waals surface area contributed by atoms with Crippen LogP contribution in [0.3, 0.4) is 0 Å². The first-order chi connectivity index (χ1) is 10.5. The van der Waals surface area contributed by atoms with Crippen molar-refractivity contribution in [2.45, 2.75) is 91.0 Å². The highest BCUT2D eigenvalue weighted by Crippen LogP contribution is 2.08. The Morgan fingerprint density at radius 2 is 1.45 bits per heavy atom. The molecular formula is C17H38N2O3. The molecule has 5 heteroatoms. The summed E-state index contributed by atoms with van der Waals surface area (Å²) >= 11 is 0. The third kappa shape index (κ3) is 14.3. The van der Waals surface area contributed by atoms with E-state index < -0.39 is 11.5 Å². The van der Waals surface area contributed by atoms with Gasteiger partial charge >= 0.3 is 5.97 Å². The molecule has 1 unspecified atom stereocenters. The van der Waals surface area contributed by atoms with Gasteiger partial charge in [0.15, 0.2) is 0 Å². The van der Waals surface area contributed by atoms with Gasteiger partial charge < -0.3 is 15.6 Å². The summed E-state index contributed by atoms with van der Waals surface area (Å²) in [6.07, 6.45) is 11.2. The van der Waals surface area contributed by atoms with Gasteiger partial charge in [0, 0.05) is 6.54 Å². The molecule has 0 aliphatic heterocycles. The molecule has 0 aliphatic carbocycles. The van der Waals surface area contributed by atoms with Crippen molar-refractivity contribution < 1.29 is 15.1 Å². The lowest BCUT2D eigenvalue weighted by molar-refractivity contribution is -0.144. The van der Waals surface area contributed by atoms with Gasteiger partial charge in [0.05, 0.1) is 0 Å². The van der Waals surface area contributed by atoms with Gasteiger partial charge in [-0.25, -0.2) is 5.48 Å². The molecule has 5 nitrogen and oxygen atoms in total. The molecule has 0 aromatic heterocycles. The molecule has 0 spiro atoms. The quantitative estimate of drug-likeness (QED) is 0.305. The smallest absolute Gasteiger partial charge is 0.323 e. The molecular weight excluding hydrogens is 280 g/mol. The van der Waals surface area contributed by atoms with Crippen molar-refractivity contribution in [2.24, 2.45) is 0 Å². The first-order valence-electron chi connectivity index (χ1n) is 8.83. The average molecular weight is 319 g/mol. The van der Waals surface area contributed by atoms with E-state index in [1.54, 1.807) is 6.92 Å². The highest BCUT2D eigenvalue weighted by Gasteiger charge is 2.29. The molecule has 0 saturated carbocycles. The van der Waals surface area contributed by atoms with E-state index in [0.717, 1.165) is 13.0 Å². The number of hydrogen-bond acceptors (Lipinski definition) is 4. The summed E-state index contributed by atoms with van der Waals surface area (Å²) in [6, 6.07) is 0. The van der Waals surface area contributed by atoms with Crippen molar-refractivity contribution in [1.29, 1.82) is 0 Å². The van der Waals surface area contributed by atoms with Crippen molar-refractivity contribution in [3.8, 4) is 0 Å². The Morgan fingerprint density at radius 1 is 0.955 bits per heavy atom. The van der Waals surface area contributed by atoms with Gasteiger partial charge in [0.2, 0.25) is 0 Å². The van der Waals surface area contributed by atoms with Crippen molar-refractivity contribution in [3.63, 3.8) is 0 Å². The second kappa shape index (κ2) is 16.7. The van der Waals surface area contributed by atoms with Crippen LogP contribution in [0.1, 0.15) is 85.5 Å². The number of rotatable bonds is 13. The third-order valence-corrected chi connectivity index (χ3v) is 3.89. The number of unbranched alkanes of at least 4 members (excludes halogenated alkanes) is 7. The standard InChI is InChI=1S/C10H23NO.C7H15NO2/c1-2-3-4-5-6-7-8-9-10-11-12;1-4-7(3,6(9)10)8-5-2/h11-12H,2-10H2,1H3;8H,4-5H2,1-3H3,(H,9,10). The van der Waals surface area contributed by atoms with Crippen LogP contribution in [0.2, 0.25) is 0 Å². The summed E-state index contributed by atoms with van der Waals surface area (Å²) in [5.41, 5.74) is 1.44. The van der Waals surface area contributed by atoms with E-state index in [9.17, 15) is 4.79 Å². The molecule has 0 aromatic rings. The molecule has 4 N–H and O–H groups in total. The van der Waals surface area contributed by atoms with E-state index in [4.69, 9.17) is 10.3 Å². The molecule has 1 atom stereocenters. The zero-order valence-electron chi connectivity index (χ0n) is 15.1. The second-order valence-corrected chi connectivity index (χ2v) is 5.90. The van der Waals surface area contributed by atoms with Gasteiger partial charge in [-0.2, -0.15) is 0 Å². The number of likely N-dealkylation sites (N-methyl/N-ethyl adjacent to an activating group) is 1. The van der Waals surface area contributed by atoms with Crippen LogP contribution in [0.4, 0.5) is 0 Å². The van der Waals surface area contributed by atoms with Gasteiger partial charge in [-0.1, -0.05) is 65.7 Å². The van der Waals surface area contributed by atoms with Crippen molar-refractivity contribution in [2.75, 3.05) is 13.1 Å². The van der Waals surface area contributed by atoms with E-state index >= 15 is 0 Å². The topological polar surface area (TPSA) is 81.6 Å². The van der Waals surface area contributed by atoms with Crippen LogP contribution in [0.25, 0.3) is 0 Å². The number of carboxylic acids is 1. The number of aliphatic carboxylic acids is 1. The molecule has 0 heterocycles. The summed E-state index contributed by atoms with van der Waals surface area (Å²) in [5.74, 6) is -0.781. The minimum atomic E-state index is -0.781. The van der Waals surface area contributed by atoms with Gasteiger partial charge in [0.25, 0.3) is 0 Å². The third-order valence-electron chi connectivity index (χ3n) is 3.89. The van der Waals surface area contributed by atoms with Gasteiger partial charge in [-0.15, -0.1) is 0 Å². The van der Waals surface area contributed by atoms with Crippen LogP contribution in [0.5, 0.6) is 0 Å². The summed E-state index contributed by atoms with van der Waals surface area (Å²) in [4.78, 5) is 10.6. The number of carbonyl (C=O) groups is 1. The highest BCUT2D eigenvalue weighted by atomic mass is 16.5. The first-order valence-corrected chi connectivity index (χ1v) is 8.83. The molecule has 22 heavy (non-hydrogen) atoms. The Kier molecular flexibility index (Phi) is 17.9. The molecule has 0 rings (SSSR count). The molecule has 0 bridgehead atoms. The van der Waals surface area contributed by atoms with Gasteiger partial charge in [-0.05, 0) is 26.3 Å². The lowest BCUT2D eigenvalue weighted by atomic mass is 10.00. The fourth-order valence-corrected chi connectivity index (χ4v) is 2.08. The maximum Gasteiger partial charge on any atom is 0.323 e. The number of carboxylic acid groups (broad SMARTS) is 1. The minimum absolute atomic E-state index is 0.607. The predicted molar refractivity (Wildman–Crippen MR) is 92.4 cm³/mol. The van der Waals surface area contributed by atoms with Crippen molar-refractivity contribution in [1.82, 2.24) is 10.8 Å². The summed E-state index contributed by atoms with van der Waals surface area (Å²) in [5, 5.41) is 19.9. The van der Waals surface area contributed by atoms with Crippen LogP contribution >= 0.6 is 0 Å². The first kappa shape index (κ1) is 23.6. The van der Waals surface area contributed by atoms with Gasteiger partial charge in [-0.3, -0.25) is 4.79 Å². The highest BCUT2D eigenvalue weighted by molar-refractivity contribution is 5.78. The number of hydroxylamine groups is 1. The van der Waals surface area contributed by atoms with Crippen LogP contribution < -0.4 is 10.8 Å². The molecule has 0 radical (unpaired) electrons. The predicted octanol–water partition coefficient (Wildman–Crippen LogP) is 3.96. The largest absolute Gasteiger partial charge is 0.480 e. The lowest BCUT2D eigenvalue weighted by Crippen LogP contribution is -2.48. The Balaban J connectivity index is 0. The van der Waals surface area contributed by atoms with E-state index in [-0.39, 0.29) is 0 Å². The van der Waals surface area contributed by atoms with Gasteiger partial charge in [0.1, 0.15) is 5.54 Å². The van der Waals surface area contributed by atoms with E-state index in [2.05, 4.69) is 17.7 Å². The van der Waals surface area contributed by atoms with Crippen molar-refractivity contribution in [3.05, 3.63) is 0 Å². The Bertz CT molecular complexity index is 240. The van der Waals surface area contributed by atoms with Crippen LogP contribution in [-0.4, -0.2) is 34.9 Å². The summed E-state index contributed by atoms with van der Waals surface area (Å²) < 4.78 is 0. The molecule has 0 amide bonds. The fourth-order valence-electron chi connectivity index (χ4n) is 2.08. The summed E-state index contributed by atoms with van der Waals surface area (Å²) in [7, 11) is 0. The van der Waals surface area contributed by atoms with Crippen LogP contribution in [-0.2, 0) is 4.79 Å². The Hall–Kier alpha value is -0.650. The maximum atomic E-state index is 10.6. The normalized spacial score (nSPS) is 13.1. The van der Waals surface area contributed by atoms with E-state index in [0.29, 0.717) is 13.0 Å². The average Bonchev–Trinajstić information content (AvgIpc) is 2.50. The minimum Gasteiger partial charge on any atom is -0.480 e. The molecule has 0 aromatic carbocycles. The zero-order chi connectivity index (χ0) is 17.3. The second-order valence-electron chi connectivity index (χ2n) is 5.90. The Labute approximate surface area is 136 Å². The van der Waals surface area contributed by atoms with Crippen LogP contribution in [0, 0.1) is 0 Å². The molecule has 0 saturated heterocycles. The summed E-state index contributed by atoms with van der Waals surface area (Å²) in [6.45, 7) is 9.13. The van der Waals surface area contributed by atoms with Crippen LogP contribution in [0.15, 0.2) is 0 Å².